The molecule has 0 saturated carbocycles. The van der Waals surface area contributed by atoms with Crippen molar-refractivity contribution in [3.8, 4) is 0 Å². The van der Waals surface area contributed by atoms with Gasteiger partial charge in [0, 0.05) is 0 Å². The van der Waals surface area contributed by atoms with Crippen LogP contribution in [-0.4, -0.2) is 13.1 Å². The smallest absolute Gasteiger partial charge is 0.337 e. The van der Waals surface area contributed by atoms with Gasteiger partial charge in [0.05, 0.1) is 24.4 Å². The van der Waals surface area contributed by atoms with E-state index >= 15 is 0 Å². The number of carbonyl (C=O) groups is 1. The highest BCUT2D eigenvalue weighted by Gasteiger charge is 2.23. The fourth-order valence-corrected chi connectivity index (χ4v) is 2.78. The standard InChI is InChI=1S/C17H16FNO2/c1-21-17(20)12-6-8-14(18)16(10-12)19-15-9-7-11-4-2-3-5-13(11)15/h2-6,8,10,15,19H,7,9H2,1H3. The lowest BCUT2D eigenvalue weighted by atomic mass is 10.1. The molecule has 0 fully saturated rings. The monoisotopic (exact) mass is 285 g/mol. The van der Waals surface area contributed by atoms with Crippen LogP contribution in [0.15, 0.2) is 42.5 Å². The molecular weight excluding hydrogens is 269 g/mol. The van der Waals surface area contributed by atoms with Gasteiger partial charge in [-0.2, -0.15) is 0 Å². The molecule has 0 aromatic heterocycles. The molecule has 1 aliphatic carbocycles. The summed E-state index contributed by atoms with van der Waals surface area (Å²) in [5.41, 5.74) is 3.16. The molecule has 0 radical (unpaired) electrons. The zero-order valence-electron chi connectivity index (χ0n) is 11.7. The second kappa shape index (κ2) is 5.56. The predicted octanol–water partition coefficient (Wildman–Crippen LogP) is 3.71. The fourth-order valence-electron chi connectivity index (χ4n) is 2.78. The molecule has 21 heavy (non-hydrogen) atoms. The molecule has 0 bridgehead atoms. The third-order valence-electron chi connectivity index (χ3n) is 3.85. The van der Waals surface area contributed by atoms with Crippen molar-refractivity contribution < 1.29 is 13.9 Å². The minimum absolute atomic E-state index is 0.0728. The molecule has 0 saturated heterocycles. The van der Waals surface area contributed by atoms with Crippen molar-refractivity contribution in [1.82, 2.24) is 0 Å². The molecule has 4 heteroatoms. The lowest BCUT2D eigenvalue weighted by Gasteiger charge is -2.16. The lowest BCUT2D eigenvalue weighted by molar-refractivity contribution is 0.0600. The van der Waals surface area contributed by atoms with Gasteiger partial charge in [-0.05, 0) is 42.2 Å². The number of methoxy groups -OCH3 is 1. The number of nitrogens with one attached hydrogen (secondary N) is 1. The SMILES string of the molecule is COC(=O)c1ccc(F)c(NC2CCc3ccccc32)c1. The third-order valence-corrected chi connectivity index (χ3v) is 3.85. The van der Waals surface area contributed by atoms with Crippen LogP contribution in [0, 0.1) is 5.82 Å². The van der Waals surface area contributed by atoms with E-state index in [1.54, 1.807) is 0 Å². The Kier molecular flexibility index (Phi) is 3.60. The van der Waals surface area contributed by atoms with Crippen molar-refractivity contribution in [2.24, 2.45) is 0 Å². The van der Waals surface area contributed by atoms with Gasteiger partial charge in [0.15, 0.2) is 0 Å². The number of carbonyl (C=O) groups excluding carboxylic acids is 1. The number of esters is 1. The average Bonchev–Trinajstić information content (AvgIpc) is 2.92. The van der Waals surface area contributed by atoms with Gasteiger partial charge in [0.2, 0.25) is 0 Å². The molecule has 0 heterocycles. The van der Waals surface area contributed by atoms with Crippen molar-refractivity contribution in [3.05, 3.63) is 65.0 Å². The highest BCUT2D eigenvalue weighted by atomic mass is 19.1. The van der Waals surface area contributed by atoms with E-state index in [0.717, 1.165) is 12.8 Å². The average molecular weight is 285 g/mol. The Balaban J connectivity index is 1.87. The first-order valence-corrected chi connectivity index (χ1v) is 6.91. The van der Waals surface area contributed by atoms with Gasteiger partial charge in [0.25, 0.3) is 0 Å². The minimum atomic E-state index is -0.468. The predicted molar refractivity (Wildman–Crippen MR) is 78.9 cm³/mol. The molecule has 1 atom stereocenters. The van der Waals surface area contributed by atoms with Crippen LogP contribution in [0.1, 0.15) is 33.9 Å². The van der Waals surface area contributed by atoms with E-state index in [0.29, 0.717) is 11.3 Å². The van der Waals surface area contributed by atoms with Gasteiger partial charge >= 0.3 is 5.97 Å². The first-order valence-electron chi connectivity index (χ1n) is 6.91. The number of aryl methyl sites for hydroxylation is 1. The first kappa shape index (κ1) is 13.6. The summed E-state index contributed by atoms with van der Waals surface area (Å²) in [6, 6.07) is 12.4. The van der Waals surface area contributed by atoms with E-state index in [-0.39, 0.29) is 11.9 Å². The van der Waals surface area contributed by atoms with Crippen LogP contribution in [-0.2, 0) is 11.2 Å². The van der Waals surface area contributed by atoms with Gasteiger partial charge in [-0.1, -0.05) is 24.3 Å². The van der Waals surface area contributed by atoms with E-state index in [2.05, 4.69) is 22.2 Å². The molecule has 3 rings (SSSR count). The molecule has 3 nitrogen and oxygen atoms in total. The minimum Gasteiger partial charge on any atom is -0.465 e. The topological polar surface area (TPSA) is 38.3 Å². The number of rotatable bonds is 3. The van der Waals surface area contributed by atoms with E-state index < -0.39 is 5.97 Å². The van der Waals surface area contributed by atoms with Crippen LogP contribution in [0.3, 0.4) is 0 Å². The molecule has 2 aromatic carbocycles. The highest BCUT2D eigenvalue weighted by molar-refractivity contribution is 5.90. The van der Waals surface area contributed by atoms with E-state index in [1.165, 1.54) is 36.4 Å². The van der Waals surface area contributed by atoms with Crippen LogP contribution >= 0.6 is 0 Å². The summed E-state index contributed by atoms with van der Waals surface area (Å²) in [6.07, 6.45) is 1.90. The largest absolute Gasteiger partial charge is 0.465 e. The summed E-state index contributed by atoms with van der Waals surface area (Å²) in [5.74, 6) is -0.836. The quantitative estimate of drug-likeness (QED) is 0.874. The van der Waals surface area contributed by atoms with Gasteiger partial charge in [-0.15, -0.1) is 0 Å². The number of hydrogen-bond acceptors (Lipinski definition) is 3. The Morgan fingerprint density at radius 3 is 2.90 bits per heavy atom. The van der Waals surface area contributed by atoms with Crippen molar-refractivity contribution in [1.29, 1.82) is 0 Å². The number of anilines is 1. The summed E-state index contributed by atoms with van der Waals surface area (Å²) in [4.78, 5) is 11.5. The lowest BCUT2D eigenvalue weighted by Crippen LogP contribution is -2.10. The second-order valence-corrected chi connectivity index (χ2v) is 5.12. The summed E-state index contributed by atoms with van der Waals surface area (Å²) >= 11 is 0. The van der Waals surface area contributed by atoms with Crippen LogP contribution in [0.25, 0.3) is 0 Å². The maximum absolute atomic E-state index is 14.0. The van der Waals surface area contributed by atoms with Crippen LogP contribution < -0.4 is 5.32 Å². The van der Waals surface area contributed by atoms with E-state index in [9.17, 15) is 9.18 Å². The Morgan fingerprint density at radius 1 is 1.29 bits per heavy atom. The van der Waals surface area contributed by atoms with Crippen molar-refractivity contribution in [2.75, 3.05) is 12.4 Å². The normalized spacial score (nSPS) is 16.4. The summed E-state index contributed by atoms with van der Waals surface area (Å²) in [5, 5.41) is 3.20. The van der Waals surface area contributed by atoms with E-state index in [4.69, 9.17) is 0 Å². The van der Waals surface area contributed by atoms with Crippen LogP contribution in [0.2, 0.25) is 0 Å². The summed E-state index contributed by atoms with van der Waals surface area (Å²) in [7, 11) is 1.31. The Morgan fingerprint density at radius 2 is 2.10 bits per heavy atom. The van der Waals surface area contributed by atoms with Crippen molar-refractivity contribution in [3.63, 3.8) is 0 Å². The van der Waals surface area contributed by atoms with Crippen LogP contribution in [0.5, 0.6) is 0 Å². The molecule has 108 valence electrons. The zero-order chi connectivity index (χ0) is 14.8. The molecule has 1 N–H and O–H groups in total. The fraction of sp³-hybridized carbons (Fsp3) is 0.235. The van der Waals surface area contributed by atoms with Gasteiger partial charge in [0.1, 0.15) is 5.82 Å². The van der Waals surface area contributed by atoms with Gasteiger partial charge in [-0.3, -0.25) is 0 Å². The second-order valence-electron chi connectivity index (χ2n) is 5.12. The zero-order valence-corrected chi connectivity index (χ0v) is 11.7. The molecule has 0 amide bonds. The number of fused-ring (bicyclic) bond motifs is 1. The molecule has 1 aliphatic rings. The molecule has 1 unspecified atom stereocenters. The van der Waals surface area contributed by atoms with E-state index in [1.807, 2.05) is 12.1 Å². The highest BCUT2D eigenvalue weighted by Crippen LogP contribution is 2.34. The van der Waals surface area contributed by atoms with Gasteiger partial charge < -0.3 is 10.1 Å². The van der Waals surface area contributed by atoms with Crippen molar-refractivity contribution >= 4 is 11.7 Å². The maximum Gasteiger partial charge on any atom is 0.337 e. The Bertz CT molecular complexity index is 684. The molecule has 0 spiro atoms. The van der Waals surface area contributed by atoms with Gasteiger partial charge in [-0.25, -0.2) is 9.18 Å². The summed E-state index contributed by atoms with van der Waals surface area (Å²) < 4.78 is 18.6. The van der Waals surface area contributed by atoms with Crippen LogP contribution in [0.4, 0.5) is 10.1 Å². The Labute approximate surface area is 122 Å². The first-order chi connectivity index (χ1) is 10.2. The number of ether oxygens (including phenoxy) is 1. The molecule has 2 aromatic rings. The maximum atomic E-state index is 14.0. The number of halogens is 1. The van der Waals surface area contributed by atoms with Crippen molar-refractivity contribution in [2.45, 2.75) is 18.9 Å². The number of hydrogen-bond donors (Lipinski definition) is 1. The number of benzene rings is 2. The molecular formula is C17H16FNO2. The Hall–Kier alpha value is -2.36. The third kappa shape index (κ3) is 2.61. The summed E-state index contributed by atoms with van der Waals surface area (Å²) in [6.45, 7) is 0. The molecule has 0 aliphatic heterocycles.